The number of rotatable bonds is 6. The van der Waals surface area contributed by atoms with Crippen LogP contribution in [0, 0.1) is 6.92 Å². The van der Waals surface area contributed by atoms with Gasteiger partial charge in [-0.2, -0.15) is 0 Å². The third-order valence-corrected chi connectivity index (χ3v) is 3.95. The zero-order valence-electron chi connectivity index (χ0n) is 13.0. The molecule has 0 saturated carbocycles. The van der Waals surface area contributed by atoms with E-state index in [4.69, 9.17) is 4.74 Å². The Morgan fingerprint density at radius 2 is 1.89 bits per heavy atom. The molecule has 0 heterocycles. The lowest BCUT2D eigenvalue weighted by molar-refractivity contribution is 0.391. The van der Waals surface area contributed by atoms with Gasteiger partial charge in [0.15, 0.2) is 0 Å². The Morgan fingerprint density at radius 1 is 1.26 bits per heavy atom. The number of ether oxygens (including phenoxy) is 1. The van der Waals surface area contributed by atoms with Crippen molar-refractivity contribution in [3.8, 4) is 5.75 Å². The summed E-state index contributed by atoms with van der Waals surface area (Å²) in [4.78, 5) is 0. The van der Waals surface area contributed by atoms with E-state index in [0.29, 0.717) is 0 Å². The topological polar surface area (TPSA) is 9.23 Å². The molecule has 0 spiro atoms. The fourth-order valence-corrected chi connectivity index (χ4v) is 2.30. The molecule has 0 aliphatic rings. The van der Waals surface area contributed by atoms with E-state index in [0.717, 1.165) is 24.2 Å². The van der Waals surface area contributed by atoms with E-state index in [-0.39, 0.29) is 5.41 Å². The molecule has 0 bridgehead atoms. The fourth-order valence-electron chi connectivity index (χ4n) is 2.30. The summed E-state index contributed by atoms with van der Waals surface area (Å²) in [6.45, 7) is 16.7. The summed E-state index contributed by atoms with van der Waals surface area (Å²) >= 11 is 0. The molecule has 0 amide bonds. The molecule has 0 radical (unpaired) electrons. The van der Waals surface area contributed by atoms with Gasteiger partial charge >= 0.3 is 0 Å². The van der Waals surface area contributed by atoms with E-state index in [1.54, 1.807) is 7.11 Å². The number of hydrogen-bond acceptors (Lipinski definition) is 1. The smallest absolute Gasteiger partial charge is 0.123 e. The van der Waals surface area contributed by atoms with Gasteiger partial charge in [0.1, 0.15) is 5.75 Å². The maximum atomic E-state index is 5.57. The Morgan fingerprint density at radius 3 is 2.37 bits per heavy atom. The Balaban J connectivity index is 3.25. The quantitative estimate of drug-likeness (QED) is 0.638. The SMILES string of the molecule is C=C(C)CC[C@](C)(C(=C)C)c1ccc(C)cc1OC. The predicted octanol–water partition coefficient (Wildman–Crippen LogP) is 5.19. The Kier molecular flexibility index (Phi) is 4.99. The van der Waals surface area contributed by atoms with Gasteiger partial charge in [0.05, 0.1) is 7.11 Å². The number of allylic oxidation sites excluding steroid dienone is 2. The van der Waals surface area contributed by atoms with Gasteiger partial charge in [-0.05, 0) is 45.2 Å². The number of aryl methyl sites for hydroxylation is 1. The summed E-state index contributed by atoms with van der Waals surface area (Å²) in [6, 6.07) is 6.40. The van der Waals surface area contributed by atoms with E-state index in [9.17, 15) is 0 Å². The molecule has 1 atom stereocenters. The second-order valence-electron chi connectivity index (χ2n) is 5.77. The zero-order valence-corrected chi connectivity index (χ0v) is 13.0. The van der Waals surface area contributed by atoms with Gasteiger partial charge in [-0.3, -0.25) is 0 Å². The molecule has 0 saturated heterocycles. The average Bonchev–Trinajstić information content (AvgIpc) is 2.35. The molecule has 1 aromatic carbocycles. The molecule has 1 aromatic rings. The van der Waals surface area contributed by atoms with Gasteiger partial charge in [0.25, 0.3) is 0 Å². The Labute approximate surface area is 118 Å². The minimum absolute atomic E-state index is 0.0714. The second-order valence-corrected chi connectivity index (χ2v) is 5.77. The summed E-state index contributed by atoms with van der Waals surface area (Å²) in [5.41, 5.74) is 4.73. The summed E-state index contributed by atoms with van der Waals surface area (Å²) in [5, 5.41) is 0. The molecule has 1 heteroatoms. The summed E-state index contributed by atoms with van der Waals surface area (Å²) < 4.78 is 5.57. The lowest BCUT2D eigenvalue weighted by atomic mass is 9.72. The maximum Gasteiger partial charge on any atom is 0.123 e. The van der Waals surface area contributed by atoms with E-state index >= 15 is 0 Å². The first-order valence-corrected chi connectivity index (χ1v) is 6.76. The average molecular weight is 258 g/mol. The first kappa shape index (κ1) is 15.6. The molecule has 0 aliphatic carbocycles. The van der Waals surface area contributed by atoms with Crippen molar-refractivity contribution in [1.29, 1.82) is 0 Å². The van der Waals surface area contributed by atoms with Crippen LogP contribution in [0.2, 0.25) is 0 Å². The third kappa shape index (κ3) is 3.50. The molecular formula is C18H26O. The zero-order chi connectivity index (χ0) is 14.6. The third-order valence-electron chi connectivity index (χ3n) is 3.95. The van der Waals surface area contributed by atoms with Gasteiger partial charge in [0.2, 0.25) is 0 Å². The monoisotopic (exact) mass is 258 g/mol. The highest BCUT2D eigenvalue weighted by Gasteiger charge is 2.30. The van der Waals surface area contributed by atoms with Crippen LogP contribution in [-0.4, -0.2) is 7.11 Å². The highest BCUT2D eigenvalue weighted by molar-refractivity contribution is 5.46. The molecule has 0 N–H and O–H groups in total. The highest BCUT2D eigenvalue weighted by atomic mass is 16.5. The summed E-state index contributed by atoms with van der Waals surface area (Å²) in [5.74, 6) is 0.951. The van der Waals surface area contributed by atoms with Gasteiger partial charge in [-0.25, -0.2) is 0 Å². The van der Waals surface area contributed by atoms with Gasteiger partial charge in [0, 0.05) is 11.0 Å². The van der Waals surface area contributed by atoms with Crippen LogP contribution in [-0.2, 0) is 5.41 Å². The van der Waals surface area contributed by atoms with Crippen LogP contribution in [0.5, 0.6) is 5.75 Å². The molecular weight excluding hydrogens is 232 g/mol. The summed E-state index contributed by atoms with van der Waals surface area (Å²) in [6.07, 6.45) is 2.01. The fraction of sp³-hybridized carbons (Fsp3) is 0.444. The van der Waals surface area contributed by atoms with Gasteiger partial charge in [-0.15, -0.1) is 6.58 Å². The Hall–Kier alpha value is -1.50. The molecule has 1 rings (SSSR count). The minimum atomic E-state index is -0.0714. The van der Waals surface area contributed by atoms with Crippen molar-refractivity contribution < 1.29 is 4.74 Å². The van der Waals surface area contributed by atoms with Crippen LogP contribution in [0.25, 0.3) is 0 Å². The first-order chi connectivity index (χ1) is 8.81. The molecule has 0 aromatic heterocycles. The van der Waals surface area contributed by atoms with Crippen LogP contribution in [0.4, 0.5) is 0 Å². The van der Waals surface area contributed by atoms with Gasteiger partial charge < -0.3 is 4.74 Å². The second kappa shape index (κ2) is 6.10. The normalized spacial score (nSPS) is 13.7. The van der Waals surface area contributed by atoms with E-state index in [1.807, 2.05) is 0 Å². The van der Waals surface area contributed by atoms with Crippen molar-refractivity contribution >= 4 is 0 Å². The van der Waals surface area contributed by atoms with E-state index in [2.05, 4.69) is 59.1 Å². The first-order valence-electron chi connectivity index (χ1n) is 6.76. The van der Waals surface area contributed by atoms with Crippen molar-refractivity contribution in [2.75, 3.05) is 7.11 Å². The maximum absolute atomic E-state index is 5.57. The molecule has 0 aliphatic heterocycles. The minimum Gasteiger partial charge on any atom is -0.496 e. The van der Waals surface area contributed by atoms with Crippen LogP contribution in [0.15, 0.2) is 42.5 Å². The Bertz CT molecular complexity index is 484. The van der Waals surface area contributed by atoms with Crippen LogP contribution in [0.1, 0.15) is 44.7 Å². The van der Waals surface area contributed by atoms with Crippen LogP contribution < -0.4 is 4.74 Å². The van der Waals surface area contributed by atoms with Crippen LogP contribution >= 0.6 is 0 Å². The number of methoxy groups -OCH3 is 1. The predicted molar refractivity (Wildman–Crippen MR) is 83.9 cm³/mol. The molecule has 0 unspecified atom stereocenters. The number of hydrogen-bond donors (Lipinski definition) is 0. The summed E-state index contributed by atoms with van der Waals surface area (Å²) in [7, 11) is 1.73. The molecule has 104 valence electrons. The van der Waals surface area contributed by atoms with Crippen molar-refractivity contribution in [1.82, 2.24) is 0 Å². The molecule has 19 heavy (non-hydrogen) atoms. The molecule has 1 nitrogen and oxygen atoms in total. The number of benzene rings is 1. The van der Waals surface area contributed by atoms with Crippen LogP contribution in [0.3, 0.4) is 0 Å². The van der Waals surface area contributed by atoms with Crippen molar-refractivity contribution in [3.05, 3.63) is 53.6 Å². The molecule has 0 fully saturated rings. The standard InChI is InChI=1S/C18H26O/c1-13(2)10-11-18(6,14(3)4)16-9-8-15(5)12-17(16)19-7/h8-9,12H,1,3,10-11H2,2,4-7H3/t18-/m1/s1. The lowest BCUT2D eigenvalue weighted by Gasteiger charge is -2.32. The van der Waals surface area contributed by atoms with E-state index < -0.39 is 0 Å². The van der Waals surface area contributed by atoms with Crippen molar-refractivity contribution in [2.24, 2.45) is 0 Å². The van der Waals surface area contributed by atoms with Gasteiger partial charge in [-0.1, -0.05) is 36.8 Å². The van der Waals surface area contributed by atoms with Crippen molar-refractivity contribution in [2.45, 2.75) is 46.0 Å². The lowest BCUT2D eigenvalue weighted by Crippen LogP contribution is -2.24. The largest absolute Gasteiger partial charge is 0.496 e. The van der Waals surface area contributed by atoms with E-state index in [1.165, 1.54) is 16.7 Å². The van der Waals surface area contributed by atoms with Crippen molar-refractivity contribution in [3.63, 3.8) is 0 Å². The highest BCUT2D eigenvalue weighted by Crippen LogP contribution is 2.41.